The Hall–Kier alpha value is -1.99. The highest BCUT2D eigenvalue weighted by atomic mass is 16.1. The third-order valence-electron chi connectivity index (χ3n) is 5.37. The lowest BCUT2D eigenvalue weighted by Crippen LogP contribution is -2.64. The Morgan fingerprint density at radius 2 is 1.96 bits per heavy atom. The van der Waals surface area contributed by atoms with Crippen molar-refractivity contribution in [3.8, 4) is 0 Å². The molecule has 0 unspecified atom stereocenters. The molecule has 0 amide bonds. The number of hydrogen-bond donors (Lipinski definition) is 0. The number of aromatic nitrogens is 3. The monoisotopic (exact) mass is 328 g/mol. The first-order chi connectivity index (χ1) is 11.7. The van der Waals surface area contributed by atoms with Crippen LogP contribution in [0.25, 0.3) is 10.9 Å². The molecule has 0 aromatic carbocycles. The van der Waals surface area contributed by atoms with E-state index in [1.165, 1.54) is 0 Å². The Balaban J connectivity index is 1.48. The first kappa shape index (κ1) is 15.5. The number of pyridine rings is 1. The first-order valence-electron chi connectivity index (χ1n) is 8.69. The fourth-order valence-electron chi connectivity index (χ4n) is 3.69. The molecule has 2 aliphatic heterocycles. The molecule has 128 valence electrons. The third kappa shape index (κ3) is 2.57. The van der Waals surface area contributed by atoms with Gasteiger partial charge in [0.25, 0.3) is 5.56 Å². The van der Waals surface area contributed by atoms with E-state index in [9.17, 15) is 4.79 Å². The average Bonchev–Trinajstić information content (AvgIpc) is 2.58. The largest absolute Gasteiger partial charge is 0.339 e. The number of anilines is 1. The molecule has 2 aliphatic rings. The lowest BCUT2D eigenvalue weighted by atomic mass is 10.1. The van der Waals surface area contributed by atoms with Crippen LogP contribution in [0.3, 0.4) is 0 Å². The highest BCUT2D eigenvalue weighted by Crippen LogP contribution is 2.23. The van der Waals surface area contributed by atoms with Crippen LogP contribution in [0.15, 0.2) is 23.3 Å². The van der Waals surface area contributed by atoms with Gasteiger partial charge in [-0.05, 0) is 12.6 Å². The number of likely N-dealkylation sites (N-methyl/N-ethyl adjacent to an activating group) is 1. The molecule has 0 saturated carbocycles. The quantitative estimate of drug-likeness (QED) is 0.800. The highest BCUT2D eigenvalue weighted by molar-refractivity contribution is 5.77. The van der Waals surface area contributed by atoms with Crippen LogP contribution < -0.4 is 10.5 Å². The predicted molar refractivity (Wildman–Crippen MR) is 94.5 cm³/mol. The van der Waals surface area contributed by atoms with Crippen molar-refractivity contribution >= 4 is 16.9 Å². The van der Waals surface area contributed by atoms with E-state index in [2.05, 4.69) is 31.6 Å². The van der Waals surface area contributed by atoms with Gasteiger partial charge in [0, 0.05) is 58.6 Å². The number of nitrogens with zero attached hydrogens (tertiary/aromatic N) is 6. The van der Waals surface area contributed by atoms with Crippen LogP contribution >= 0.6 is 0 Å². The van der Waals surface area contributed by atoms with Crippen LogP contribution in [0.1, 0.15) is 6.92 Å². The van der Waals surface area contributed by atoms with Gasteiger partial charge in [0.05, 0.1) is 17.1 Å². The van der Waals surface area contributed by atoms with Gasteiger partial charge < -0.3 is 9.80 Å². The van der Waals surface area contributed by atoms with E-state index in [0.717, 1.165) is 51.8 Å². The van der Waals surface area contributed by atoms with Crippen molar-refractivity contribution in [3.63, 3.8) is 0 Å². The van der Waals surface area contributed by atoms with Crippen LogP contribution in [0.4, 0.5) is 5.95 Å². The number of hydrogen-bond acceptors (Lipinski definition) is 6. The fraction of sp³-hybridized carbons (Fsp3) is 0.588. The summed E-state index contributed by atoms with van der Waals surface area (Å²) >= 11 is 0. The zero-order valence-corrected chi connectivity index (χ0v) is 14.4. The number of rotatable bonds is 3. The second-order valence-corrected chi connectivity index (χ2v) is 6.70. The summed E-state index contributed by atoms with van der Waals surface area (Å²) in [4.78, 5) is 28.5. The highest BCUT2D eigenvalue weighted by Gasteiger charge is 2.35. The Labute approximate surface area is 141 Å². The maximum absolute atomic E-state index is 12.5. The molecule has 4 rings (SSSR count). The minimum absolute atomic E-state index is 0.00240. The zero-order chi connectivity index (χ0) is 16.7. The molecule has 0 atom stereocenters. The number of fused-ring (bicyclic) bond motifs is 1. The molecule has 0 N–H and O–H groups in total. The Bertz CT molecular complexity index is 789. The van der Waals surface area contributed by atoms with Crippen molar-refractivity contribution in [2.45, 2.75) is 13.0 Å². The lowest BCUT2D eigenvalue weighted by molar-refractivity contribution is 0.0854. The van der Waals surface area contributed by atoms with Gasteiger partial charge in [0.15, 0.2) is 0 Å². The van der Waals surface area contributed by atoms with E-state index in [-0.39, 0.29) is 5.56 Å². The van der Waals surface area contributed by atoms with Crippen molar-refractivity contribution in [1.82, 2.24) is 24.3 Å². The fourth-order valence-corrected chi connectivity index (χ4v) is 3.69. The maximum Gasteiger partial charge on any atom is 0.262 e. The molecule has 2 aromatic heterocycles. The van der Waals surface area contributed by atoms with Crippen molar-refractivity contribution in [2.75, 3.05) is 50.7 Å². The normalized spacial score (nSPS) is 20.5. The zero-order valence-electron chi connectivity index (χ0n) is 14.4. The van der Waals surface area contributed by atoms with Gasteiger partial charge in [-0.25, -0.2) is 4.98 Å². The first-order valence-corrected chi connectivity index (χ1v) is 8.69. The molecule has 7 heteroatoms. The molecule has 7 nitrogen and oxygen atoms in total. The molecule has 0 radical (unpaired) electrons. The van der Waals surface area contributed by atoms with E-state index in [1.807, 2.05) is 0 Å². The van der Waals surface area contributed by atoms with E-state index in [0.29, 0.717) is 16.9 Å². The summed E-state index contributed by atoms with van der Waals surface area (Å²) in [5.41, 5.74) is 0.674. The summed E-state index contributed by atoms with van der Waals surface area (Å²) < 4.78 is 1.66. The molecular formula is C17H24N6O. The molecule has 2 fully saturated rings. The van der Waals surface area contributed by atoms with Gasteiger partial charge in [-0.2, -0.15) is 0 Å². The Morgan fingerprint density at radius 3 is 2.67 bits per heavy atom. The maximum atomic E-state index is 12.5. The SMILES string of the molecule is CCN1CCN(C2CN(c3nc4cnccc4c(=O)n3C)C2)CC1. The van der Waals surface area contributed by atoms with Gasteiger partial charge in [-0.1, -0.05) is 6.92 Å². The van der Waals surface area contributed by atoms with E-state index >= 15 is 0 Å². The van der Waals surface area contributed by atoms with Gasteiger partial charge in [0.2, 0.25) is 5.95 Å². The summed E-state index contributed by atoms with van der Waals surface area (Å²) in [5.74, 6) is 0.754. The van der Waals surface area contributed by atoms with Gasteiger partial charge in [-0.15, -0.1) is 0 Å². The van der Waals surface area contributed by atoms with Crippen LogP contribution in [-0.2, 0) is 7.05 Å². The van der Waals surface area contributed by atoms with Crippen LogP contribution in [0.5, 0.6) is 0 Å². The van der Waals surface area contributed by atoms with Crippen molar-refractivity contribution in [3.05, 3.63) is 28.8 Å². The number of piperazine rings is 1. The van der Waals surface area contributed by atoms with E-state index in [1.54, 1.807) is 30.1 Å². The van der Waals surface area contributed by atoms with Crippen LogP contribution in [-0.4, -0.2) is 76.2 Å². The molecule has 24 heavy (non-hydrogen) atoms. The molecule has 0 bridgehead atoms. The minimum Gasteiger partial charge on any atom is -0.339 e. The van der Waals surface area contributed by atoms with E-state index < -0.39 is 0 Å². The van der Waals surface area contributed by atoms with Gasteiger partial charge in [-0.3, -0.25) is 19.2 Å². The summed E-state index contributed by atoms with van der Waals surface area (Å²) in [7, 11) is 1.80. The topological polar surface area (TPSA) is 57.5 Å². The second-order valence-electron chi connectivity index (χ2n) is 6.70. The molecule has 0 aliphatic carbocycles. The van der Waals surface area contributed by atoms with Gasteiger partial charge >= 0.3 is 0 Å². The molecule has 4 heterocycles. The molecule has 2 saturated heterocycles. The summed E-state index contributed by atoms with van der Waals surface area (Å²) in [6.45, 7) is 9.84. The lowest BCUT2D eigenvalue weighted by Gasteiger charge is -2.48. The minimum atomic E-state index is -0.00240. The van der Waals surface area contributed by atoms with Crippen molar-refractivity contribution < 1.29 is 0 Å². The molecule has 0 spiro atoms. The summed E-state index contributed by atoms with van der Waals surface area (Å²) in [6.07, 6.45) is 3.31. The van der Waals surface area contributed by atoms with E-state index in [4.69, 9.17) is 0 Å². The second kappa shape index (κ2) is 6.14. The average molecular weight is 328 g/mol. The molecule has 2 aromatic rings. The van der Waals surface area contributed by atoms with Crippen molar-refractivity contribution in [2.24, 2.45) is 7.05 Å². The molecular weight excluding hydrogens is 304 g/mol. The summed E-state index contributed by atoms with van der Waals surface area (Å²) in [6, 6.07) is 2.31. The smallest absolute Gasteiger partial charge is 0.262 e. The Kier molecular flexibility index (Phi) is 3.97. The van der Waals surface area contributed by atoms with Crippen LogP contribution in [0, 0.1) is 0 Å². The standard InChI is InChI=1S/C17H24N6O/c1-3-21-6-8-22(9-7-21)13-11-23(12-13)17-19-15-10-18-5-4-14(15)16(24)20(17)2/h4-5,10,13H,3,6-9,11-12H2,1-2H3. The third-order valence-corrected chi connectivity index (χ3v) is 5.37. The van der Waals surface area contributed by atoms with Crippen molar-refractivity contribution in [1.29, 1.82) is 0 Å². The Morgan fingerprint density at radius 1 is 1.21 bits per heavy atom. The van der Waals surface area contributed by atoms with Crippen LogP contribution in [0.2, 0.25) is 0 Å². The summed E-state index contributed by atoms with van der Waals surface area (Å²) in [5, 5.41) is 0.629. The predicted octanol–water partition coefficient (Wildman–Crippen LogP) is 0.155. The van der Waals surface area contributed by atoms with Gasteiger partial charge in [0.1, 0.15) is 0 Å².